The van der Waals surface area contributed by atoms with E-state index in [4.69, 9.17) is 5.84 Å². The topological polar surface area (TPSA) is 88.3 Å². The molecule has 0 radical (unpaired) electrons. The van der Waals surface area contributed by atoms with Gasteiger partial charge >= 0.3 is 0 Å². The number of anilines is 1. The average Bonchev–Trinajstić information content (AvgIpc) is 2.30. The van der Waals surface area contributed by atoms with Gasteiger partial charge in [-0.2, -0.15) is 4.31 Å². The Morgan fingerprint density at radius 3 is 2.56 bits per heavy atom. The number of nitrogens with two attached hydrogens (primary N) is 1. The molecule has 0 aliphatic carbocycles. The molecule has 1 heterocycles. The molecule has 0 aromatic carbocycles. The molecule has 90 valence electrons. The maximum Gasteiger partial charge on any atom is 0.246 e. The average molecular weight is 244 g/mol. The van der Waals surface area contributed by atoms with E-state index in [0.29, 0.717) is 18.8 Å². The van der Waals surface area contributed by atoms with E-state index < -0.39 is 10.0 Å². The maximum absolute atomic E-state index is 12.2. The van der Waals surface area contributed by atoms with E-state index >= 15 is 0 Å². The smallest absolute Gasteiger partial charge is 0.246 e. The van der Waals surface area contributed by atoms with E-state index in [9.17, 15) is 8.42 Å². The van der Waals surface area contributed by atoms with E-state index in [1.165, 1.54) is 22.8 Å². The van der Waals surface area contributed by atoms with Crippen molar-refractivity contribution in [2.75, 3.05) is 18.5 Å². The molecule has 0 spiro atoms. The van der Waals surface area contributed by atoms with Crippen LogP contribution in [0.15, 0.2) is 23.4 Å². The Morgan fingerprint density at radius 1 is 1.44 bits per heavy atom. The van der Waals surface area contributed by atoms with Crippen LogP contribution in [0.1, 0.15) is 13.8 Å². The lowest BCUT2D eigenvalue weighted by Crippen LogP contribution is -2.31. The van der Waals surface area contributed by atoms with Gasteiger partial charge in [-0.25, -0.2) is 8.42 Å². The Balaban J connectivity index is 3.26. The number of nitrogens with zero attached hydrogens (tertiary/aromatic N) is 2. The highest BCUT2D eigenvalue weighted by atomic mass is 32.2. The Labute approximate surface area is 95.5 Å². The lowest BCUT2D eigenvalue weighted by molar-refractivity contribution is 0.445. The number of hydrogen-bond acceptors (Lipinski definition) is 5. The molecular formula is C9H16N4O2S. The van der Waals surface area contributed by atoms with Crippen molar-refractivity contribution in [1.82, 2.24) is 9.29 Å². The molecule has 0 fully saturated rings. The molecule has 0 atom stereocenters. The number of pyridine rings is 1. The first kappa shape index (κ1) is 12.9. The number of aromatic nitrogens is 1. The predicted octanol–water partition coefficient (Wildman–Crippen LogP) is 0.398. The number of rotatable bonds is 5. The molecule has 1 aromatic rings. The summed E-state index contributed by atoms with van der Waals surface area (Å²) < 4.78 is 25.7. The lowest BCUT2D eigenvalue weighted by atomic mass is 10.4. The van der Waals surface area contributed by atoms with E-state index in [-0.39, 0.29) is 4.90 Å². The highest BCUT2D eigenvalue weighted by molar-refractivity contribution is 7.89. The molecule has 0 saturated heterocycles. The largest absolute Gasteiger partial charge is 0.323 e. The number of nitrogen functional groups attached to an aromatic ring is 1. The van der Waals surface area contributed by atoms with E-state index in [2.05, 4.69) is 10.4 Å². The van der Waals surface area contributed by atoms with Gasteiger partial charge in [-0.1, -0.05) is 13.8 Å². The second-order valence-electron chi connectivity index (χ2n) is 3.11. The number of nitrogens with one attached hydrogen (secondary N) is 1. The predicted molar refractivity (Wildman–Crippen MR) is 62.2 cm³/mol. The van der Waals surface area contributed by atoms with Gasteiger partial charge in [0, 0.05) is 25.5 Å². The fourth-order valence-corrected chi connectivity index (χ4v) is 2.96. The highest BCUT2D eigenvalue weighted by Crippen LogP contribution is 2.22. The third-order valence-electron chi connectivity index (χ3n) is 2.26. The van der Waals surface area contributed by atoms with Crippen LogP contribution in [0.25, 0.3) is 0 Å². The molecule has 0 unspecified atom stereocenters. The third kappa shape index (κ3) is 2.31. The molecule has 3 N–H and O–H groups in total. The van der Waals surface area contributed by atoms with Crippen molar-refractivity contribution in [2.24, 2.45) is 5.84 Å². The normalized spacial score (nSPS) is 11.8. The first-order valence-electron chi connectivity index (χ1n) is 4.98. The van der Waals surface area contributed by atoms with E-state index in [1.807, 2.05) is 0 Å². The molecule has 16 heavy (non-hydrogen) atoms. The van der Waals surface area contributed by atoms with Crippen molar-refractivity contribution in [3.8, 4) is 0 Å². The molecule has 0 bridgehead atoms. The van der Waals surface area contributed by atoms with E-state index in [1.54, 1.807) is 13.8 Å². The van der Waals surface area contributed by atoms with Crippen molar-refractivity contribution in [3.63, 3.8) is 0 Å². The fraction of sp³-hybridized carbons (Fsp3) is 0.444. The van der Waals surface area contributed by atoms with Gasteiger partial charge in [-0.3, -0.25) is 10.8 Å². The summed E-state index contributed by atoms with van der Waals surface area (Å²) in [6.07, 6.45) is 2.78. The first-order chi connectivity index (χ1) is 7.57. The number of hydrogen-bond donors (Lipinski definition) is 2. The second kappa shape index (κ2) is 5.24. The Hall–Kier alpha value is -1.18. The standard InChI is InChI=1S/C9H16N4O2S/c1-3-13(4-2)16(14,15)9-7-11-6-5-8(9)12-10/h5-7H,3-4,10H2,1-2H3,(H,11,12). The molecule has 0 saturated carbocycles. The van der Waals surface area contributed by atoms with Gasteiger partial charge in [-0.15, -0.1) is 0 Å². The summed E-state index contributed by atoms with van der Waals surface area (Å²) in [5, 5.41) is 0. The van der Waals surface area contributed by atoms with Gasteiger partial charge in [0.25, 0.3) is 0 Å². The zero-order valence-electron chi connectivity index (χ0n) is 9.34. The van der Waals surface area contributed by atoms with Crippen LogP contribution in [-0.4, -0.2) is 30.8 Å². The zero-order chi connectivity index (χ0) is 12.2. The first-order valence-corrected chi connectivity index (χ1v) is 6.42. The summed E-state index contributed by atoms with van der Waals surface area (Å²) in [5.74, 6) is 5.27. The second-order valence-corrected chi connectivity index (χ2v) is 5.01. The Morgan fingerprint density at radius 2 is 2.06 bits per heavy atom. The summed E-state index contributed by atoms with van der Waals surface area (Å²) in [5.41, 5.74) is 2.71. The van der Waals surface area contributed by atoms with Crippen LogP contribution in [0, 0.1) is 0 Å². The van der Waals surface area contributed by atoms with Gasteiger partial charge < -0.3 is 5.43 Å². The van der Waals surface area contributed by atoms with Crippen molar-refractivity contribution in [2.45, 2.75) is 18.7 Å². The van der Waals surface area contributed by atoms with Crippen LogP contribution in [0.2, 0.25) is 0 Å². The zero-order valence-corrected chi connectivity index (χ0v) is 10.2. The molecular weight excluding hydrogens is 228 g/mol. The number of hydrazine groups is 1. The summed E-state index contributed by atoms with van der Waals surface area (Å²) in [6, 6.07) is 1.52. The van der Waals surface area contributed by atoms with Crippen LogP contribution < -0.4 is 11.3 Å². The maximum atomic E-state index is 12.2. The fourth-order valence-electron chi connectivity index (χ4n) is 1.41. The molecule has 0 aliphatic heterocycles. The molecule has 7 heteroatoms. The Bertz CT molecular complexity index is 443. The minimum absolute atomic E-state index is 0.0983. The summed E-state index contributed by atoms with van der Waals surface area (Å²) in [4.78, 5) is 3.91. The molecule has 1 aromatic heterocycles. The quantitative estimate of drug-likeness (QED) is 0.578. The van der Waals surface area contributed by atoms with Gasteiger partial charge in [0.05, 0.1) is 5.69 Å². The van der Waals surface area contributed by atoms with Gasteiger partial charge in [0.1, 0.15) is 4.90 Å². The minimum Gasteiger partial charge on any atom is -0.323 e. The van der Waals surface area contributed by atoms with Crippen LogP contribution in [0.3, 0.4) is 0 Å². The monoisotopic (exact) mass is 244 g/mol. The third-order valence-corrected chi connectivity index (χ3v) is 4.34. The molecule has 6 nitrogen and oxygen atoms in total. The van der Waals surface area contributed by atoms with Crippen molar-refractivity contribution >= 4 is 15.7 Å². The van der Waals surface area contributed by atoms with Crippen molar-refractivity contribution < 1.29 is 8.42 Å². The Kier molecular flexibility index (Phi) is 4.22. The SMILES string of the molecule is CCN(CC)S(=O)(=O)c1cnccc1NN. The minimum atomic E-state index is -3.52. The van der Waals surface area contributed by atoms with Gasteiger partial charge in [-0.05, 0) is 6.07 Å². The van der Waals surface area contributed by atoms with Crippen LogP contribution in [0.5, 0.6) is 0 Å². The van der Waals surface area contributed by atoms with Crippen molar-refractivity contribution in [1.29, 1.82) is 0 Å². The van der Waals surface area contributed by atoms with E-state index in [0.717, 1.165) is 0 Å². The summed E-state index contributed by atoms with van der Waals surface area (Å²) in [7, 11) is -3.52. The van der Waals surface area contributed by atoms with Crippen LogP contribution in [0.4, 0.5) is 5.69 Å². The number of sulfonamides is 1. The van der Waals surface area contributed by atoms with Gasteiger partial charge in [0.15, 0.2) is 0 Å². The molecule has 1 rings (SSSR count). The highest BCUT2D eigenvalue weighted by Gasteiger charge is 2.24. The van der Waals surface area contributed by atoms with Crippen molar-refractivity contribution in [3.05, 3.63) is 18.5 Å². The summed E-state index contributed by atoms with van der Waals surface area (Å²) >= 11 is 0. The van der Waals surface area contributed by atoms with Crippen LogP contribution >= 0.6 is 0 Å². The van der Waals surface area contributed by atoms with Gasteiger partial charge in [0.2, 0.25) is 10.0 Å². The van der Waals surface area contributed by atoms with Crippen LogP contribution in [-0.2, 0) is 10.0 Å². The lowest BCUT2D eigenvalue weighted by Gasteiger charge is -2.19. The molecule has 0 amide bonds. The molecule has 0 aliphatic rings. The summed E-state index contributed by atoms with van der Waals surface area (Å²) in [6.45, 7) is 4.40.